The van der Waals surface area contributed by atoms with E-state index in [-0.39, 0.29) is 321 Å². The Balaban J connectivity index is -0.0000000000417. The van der Waals surface area contributed by atoms with Crippen molar-refractivity contribution in [2.24, 2.45) is 0 Å². The summed E-state index contributed by atoms with van der Waals surface area (Å²) in [5.41, 5.74) is 0. The zero-order valence-corrected chi connectivity index (χ0v) is 37.0. The molecule has 0 fully saturated rings. The molecule has 0 bridgehead atoms. The minimum atomic E-state index is 0. The first-order valence-electron chi connectivity index (χ1n) is 0.707. The summed E-state index contributed by atoms with van der Waals surface area (Å²) in [6.45, 7) is 5.00. The smallest absolute Gasteiger partial charge is 0 e. The third-order valence-corrected chi connectivity index (χ3v) is 0. The number of hydrogen-bond donors (Lipinski definition) is 0. The molecule has 8 radical (unpaired) electrons. The van der Waals surface area contributed by atoms with E-state index in [0.29, 0.717) is 0 Å². The quantitative estimate of drug-likeness (QED) is 0.317. The molecule has 0 rings (SSSR count). The van der Waals surface area contributed by atoms with Gasteiger partial charge in [-0.15, -0.1) is 0 Å². The van der Waals surface area contributed by atoms with E-state index < -0.39 is 0 Å². The van der Waals surface area contributed by atoms with Crippen LogP contribution in [-0.4, -0.2) is 0 Å². The van der Waals surface area contributed by atoms with E-state index >= 15 is 0 Å². The van der Waals surface area contributed by atoms with Crippen molar-refractivity contribution in [3.05, 3.63) is 66.3 Å². The molecule has 0 aromatic rings. The fourth-order valence-corrected chi connectivity index (χ4v) is 0. The van der Waals surface area contributed by atoms with Crippen molar-refractivity contribution >= 4 is 0 Å². The SMILES string of the molecule is [CH2-]C.[CH3-].[CH3-].[CH3-].[CH3-].[CH3-].[CH3-].[CH3-].[CH3-].[Y].[Y].[Y].[Y].[Y].[Y].[Y].[Y]. The van der Waals surface area contributed by atoms with Crippen molar-refractivity contribution in [2.75, 3.05) is 0 Å². The first-order valence-corrected chi connectivity index (χ1v) is 0.707. The fourth-order valence-electron chi connectivity index (χ4n) is 0. The van der Waals surface area contributed by atoms with Gasteiger partial charge in [0.1, 0.15) is 0 Å². The molecule has 0 spiro atoms. The monoisotopic (exact) mass is 860 g/mol. The van der Waals surface area contributed by atoms with Gasteiger partial charge in [-0.2, -0.15) is 6.92 Å². The number of hydrogen-bond acceptors (Lipinski definition) is 0. The summed E-state index contributed by atoms with van der Waals surface area (Å²) in [5.74, 6) is 0. The maximum absolute atomic E-state index is 3.25. The largest absolute Gasteiger partial charge is 0.358 e. The average Bonchev–Trinajstić information content (AvgIpc) is 1.00. The second-order valence-electron chi connectivity index (χ2n) is 0. The Morgan fingerprint density at radius 1 is 0.278 bits per heavy atom. The van der Waals surface area contributed by atoms with Crippen molar-refractivity contribution < 1.29 is 262 Å². The third-order valence-electron chi connectivity index (χ3n) is 0. The van der Waals surface area contributed by atoms with Crippen LogP contribution in [0.2, 0.25) is 0 Å². The fraction of sp³-hybridized carbons (Fsp3) is 0.100. The van der Waals surface area contributed by atoms with Crippen molar-refractivity contribution in [2.45, 2.75) is 6.92 Å². The molecule has 0 saturated carbocycles. The molecule has 8 heteroatoms. The van der Waals surface area contributed by atoms with Crippen LogP contribution in [0.1, 0.15) is 6.92 Å². The Labute approximate surface area is 325 Å². The maximum Gasteiger partial charge on any atom is 0 e. The minimum Gasteiger partial charge on any atom is -0.358 e. The predicted molar refractivity (Wildman–Crippen MR) is 62.3 cm³/mol. The molecule has 18 heavy (non-hydrogen) atoms. The van der Waals surface area contributed by atoms with Gasteiger partial charge in [0.25, 0.3) is 0 Å². The van der Waals surface area contributed by atoms with E-state index in [4.69, 9.17) is 0 Å². The first-order chi connectivity index (χ1) is 1.00. The van der Waals surface area contributed by atoms with E-state index in [1.54, 1.807) is 6.92 Å². The van der Waals surface area contributed by atoms with Gasteiger partial charge in [0.2, 0.25) is 0 Å². The third kappa shape index (κ3) is 181. The Morgan fingerprint density at radius 2 is 0.278 bits per heavy atom. The van der Waals surface area contributed by atoms with Gasteiger partial charge >= 0.3 is 0 Å². The summed E-state index contributed by atoms with van der Waals surface area (Å²) in [6.07, 6.45) is 0. The van der Waals surface area contributed by atoms with Crippen LogP contribution in [0.15, 0.2) is 0 Å². The van der Waals surface area contributed by atoms with Crippen molar-refractivity contribution in [1.29, 1.82) is 0 Å². The number of rotatable bonds is 0. The second kappa shape index (κ2) is 204. The molecule has 0 saturated heterocycles. The standard InChI is InChI=1S/C2H5.8CH3.8Y/c1-2;;;;;;;;;;;;;;;;/h1H2,2H3;8*1H3;;;;;;;;/q9*-1;;;;;;;;. The molecular formula is C10H29Y8-9. The first kappa shape index (κ1) is 185. The molecule has 0 aliphatic heterocycles. The van der Waals surface area contributed by atoms with Gasteiger partial charge in [-0.05, 0) is 0 Å². The van der Waals surface area contributed by atoms with Crippen LogP contribution >= 0.6 is 0 Å². The normalized spacial score (nSPS) is 0.333. The van der Waals surface area contributed by atoms with E-state index in [9.17, 15) is 0 Å². The molecule has 0 aliphatic carbocycles. The van der Waals surface area contributed by atoms with Crippen molar-refractivity contribution in [3.8, 4) is 0 Å². The maximum atomic E-state index is 3.25. The van der Waals surface area contributed by atoms with Crippen LogP contribution in [0.4, 0.5) is 0 Å². The van der Waals surface area contributed by atoms with Gasteiger partial charge in [0.05, 0.1) is 0 Å². The Morgan fingerprint density at radius 3 is 0.278 bits per heavy atom. The van der Waals surface area contributed by atoms with Gasteiger partial charge in [0, 0.05) is 262 Å². The van der Waals surface area contributed by atoms with Crippen LogP contribution in [0.25, 0.3) is 0 Å². The summed E-state index contributed by atoms with van der Waals surface area (Å²) in [7, 11) is 0. The van der Waals surface area contributed by atoms with Crippen LogP contribution in [-0.2, 0) is 262 Å². The Hall–Kier alpha value is 8.83. The van der Waals surface area contributed by atoms with E-state index in [0.717, 1.165) is 0 Å². The van der Waals surface area contributed by atoms with Crippen LogP contribution in [0.3, 0.4) is 0 Å². The predicted octanol–water partition coefficient (Wildman–Crippen LogP) is 4.42. The molecule has 0 heterocycles. The van der Waals surface area contributed by atoms with E-state index in [1.165, 1.54) is 0 Å². The zero-order valence-electron chi connectivity index (χ0n) is 14.3. The molecule has 0 amide bonds. The molecule has 102 valence electrons. The zero-order chi connectivity index (χ0) is 2.00. The molecule has 0 nitrogen and oxygen atoms in total. The average molecular weight is 861 g/mol. The molecule has 0 aromatic carbocycles. The second-order valence-corrected chi connectivity index (χ2v) is 0. The minimum absolute atomic E-state index is 0. The Bertz CT molecular complexity index is 17.8. The van der Waals surface area contributed by atoms with Crippen LogP contribution < -0.4 is 0 Å². The Kier molecular flexibility index (Phi) is 2100. The van der Waals surface area contributed by atoms with Crippen molar-refractivity contribution in [1.82, 2.24) is 0 Å². The molecule has 0 aliphatic rings. The molecule has 0 aromatic heterocycles. The van der Waals surface area contributed by atoms with E-state index in [1.807, 2.05) is 0 Å². The molecule has 0 unspecified atom stereocenters. The summed E-state index contributed by atoms with van der Waals surface area (Å²) < 4.78 is 0. The van der Waals surface area contributed by atoms with Gasteiger partial charge in [-0.1, -0.05) is 0 Å². The van der Waals surface area contributed by atoms with Gasteiger partial charge in [0.15, 0.2) is 0 Å². The van der Waals surface area contributed by atoms with Gasteiger partial charge in [-0.3, -0.25) is 0 Å². The summed E-state index contributed by atoms with van der Waals surface area (Å²) in [5, 5.41) is 0. The van der Waals surface area contributed by atoms with Crippen molar-refractivity contribution in [3.63, 3.8) is 0 Å². The topological polar surface area (TPSA) is 0 Å². The molecule has 0 atom stereocenters. The van der Waals surface area contributed by atoms with Crippen LogP contribution in [0.5, 0.6) is 0 Å². The summed E-state index contributed by atoms with van der Waals surface area (Å²) in [6, 6.07) is 0. The summed E-state index contributed by atoms with van der Waals surface area (Å²) >= 11 is 0. The van der Waals surface area contributed by atoms with Gasteiger partial charge < -0.3 is 66.3 Å². The van der Waals surface area contributed by atoms with Crippen LogP contribution in [0, 0.1) is 66.3 Å². The summed E-state index contributed by atoms with van der Waals surface area (Å²) in [4.78, 5) is 0. The molecule has 0 N–H and O–H groups in total. The van der Waals surface area contributed by atoms with Gasteiger partial charge in [-0.25, -0.2) is 0 Å². The molecular weight excluding hydrogens is 831 g/mol. The van der Waals surface area contributed by atoms with E-state index in [2.05, 4.69) is 6.92 Å².